The third-order valence-corrected chi connectivity index (χ3v) is 7.54. The molecule has 3 aromatic rings. The van der Waals surface area contributed by atoms with E-state index < -0.39 is 0 Å². The van der Waals surface area contributed by atoms with Crippen molar-refractivity contribution in [3.8, 4) is 0 Å². The maximum Gasteiger partial charge on any atom is 0.257 e. The highest BCUT2D eigenvalue weighted by atomic mass is 35.5. The third-order valence-electron chi connectivity index (χ3n) is 7.20. The average Bonchev–Trinajstić information content (AvgIpc) is 3.31. The minimum Gasteiger partial charge on any atom is -0.297 e. The van der Waals surface area contributed by atoms with Gasteiger partial charge in [0.25, 0.3) is 5.91 Å². The van der Waals surface area contributed by atoms with Gasteiger partial charge in [0, 0.05) is 49.7 Å². The standard InChI is InChI=1S/C30H33ClN4O/c1-22-12-13-25(23(2)18-22)28-19-29(26-10-6-7-11-27(26)31)35(32-28)30(36)21-34-16-14-33(15-17-34)20-24-8-4-3-5-9-24/h3-13,18,29H,14-17,19-21H2,1-2H3/t29-/m1/s1. The summed E-state index contributed by atoms with van der Waals surface area (Å²) in [6, 6.07) is 24.6. The number of carbonyl (C=O) groups excluding carboxylic acids is 1. The first kappa shape index (κ1) is 24.7. The molecule has 0 radical (unpaired) electrons. The summed E-state index contributed by atoms with van der Waals surface area (Å²) in [6.07, 6.45) is 0.657. The zero-order valence-corrected chi connectivity index (χ0v) is 21.8. The normalized spacial score (nSPS) is 18.9. The Morgan fingerprint density at radius 3 is 2.33 bits per heavy atom. The molecule has 186 valence electrons. The molecule has 36 heavy (non-hydrogen) atoms. The van der Waals surface area contributed by atoms with Crippen LogP contribution < -0.4 is 0 Å². The minimum absolute atomic E-state index is 0.0243. The summed E-state index contributed by atoms with van der Waals surface area (Å²) >= 11 is 6.59. The molecule has 1 fully saturated rings. The van der Waals surface area contributed by atoms with Crippen molar-refractivity contribution in [2.45, 2.75) is 32.9 Å². The first-order chi connectivity index (χ1) is 17.5. The summed E-state index contributed by atoms with van der Waals surface area (Å²) in [4.78, 5) is 18.3. The molecule has 0 saturated carbocycles. The van der Waals surface area contributed by atoms with Gasteiger partial charge in [-0.25, -0.2) is 5.01 Å². The van der Waals surface area contributed by atoms with Crippen molar-refractivity contribution in [2.24, 2.45) is 5.10 Å². The quantitative estimate of drug-likeness (QED) is 0.451. The van der Waals surface area contributed by atoms with Crippen LogP contribution in [0.4, 0.5) is 0 Å². The van der Waals surface area contributed by atoms with Crippen LogP contribution in [0.15, 0.2) is 77.9 Å². The summed E-state index contributed by atoms with van der Waals surface area (Å²) in [5.41, 5.74) is 6.71. The van der Waals surface area contributed by atoms with Crippen LogP contribution in [0, 0.1) is 13.8 Å². The number of hydrazone groups is 1. The molecular formula is C30H33ClN4O. The van der Waals surface area contributed by atoms with Crippen LogP contribution in [0.5, 0.6) is 0 Å². The fraction of sp³-hybridized carbons (Fsp3) is 0.333. The van der Waals surface area contributed by atoms with Gasteiger partial charge in [0.1, 0.15) is 0 Å². The van der Waals surface area contributed by atoms with Gasteiger partial charge in [0.05, 0.1) is 18.3 Å². The lowest BCUT2D eigenvalue weighted by molar-refractivity contribution is -0.134. The van der Waals surface area contributed by atoms with Crippen molar-refractivity contribution in [3.05, 3.63) is 106 Å². The highest BCUT2D eigenvalue weighted by molar-refractivity contribution is 6.31. The van der Waals surface area contributed by atoms with Gasteiger partial charge < -0.3 is 0 Å². The van der Waals surface area contributed by atoms with E-state index in [0.717, 1.165) is 49.6 Å². The van der Waals surface area contributed by atoms with Gasteiger partial charge in [0.15, 0.2) is 0 Å². The zero-order chi connectivity index (χ0) is 25.1. The molecule has 5 rings (SSSR count). The number of halogens is 1. The van der Waals surface area contributed by atoms with Crippen LogP contribution in [0.2, 0.25) is 5.02 Å². The van der Waals surface area contributed by atoms with E-state index in [1.807, 2.05) is 24.3 Å². The number of hydrogen-bond donors (Lipinski definition) is 0. The van der Waals surface area contributed by atoms with Crippen LogP contribution in [0.1, 0.15) is 40.3 Å². The monoisotopic (exact) mass is 500 g/mol. The molecule has 0 bridgehead atoms. The molecule has 2 aliphatic rings. The van der Waals surface area contributed by atoms with Crippen molar-refractivity contribution < 1.29 is 4.79 Å². The molecule has 0 aliphatic carbocycles. The van der Waals surface area contributed by atoms with E-state index in [2.05, 4.69) is 72.2 Å². The van der Waals surface area contributed by atoms with E-state index in [1.165, 1.54) is 16.7 Å². The molecule has 1 saturated heterocycles. The molecule has 5 nitrogen and oxygen atoms in total. The van der Waals surface area contributed by atoms with Gasteiger partial charge in [-0.3, -0.25) is 14.6 Å². The summed E-state index contributed by atoms with van der Waals surface area (Å²) in [5, 5.41) is 7.25. The van der Waals surface area contributed by atoms with E-state index in [-0.39, 0.29) is 11.9 Å². The van der Waals surface area contributed by atoms with Crippen molar-refractivity contribution in [2.75, 3.05) is 32.7 Å². The maximum atomic E-state index is 13.6. The first-order valence-corrected chi connectivity index (χ1v) is 13.1. The predicted octanol–water partition coefficient (Wildman–Crippen LogP) is 5.45. The van der Waals surface area contributed by atoms with Crippen LogP contribution >= 0.6 is 11.6 Å². The molecule has 2 heterocycles. The van der Waals surface area contributed by atoms with E-state index in [4.69, 9.17) is 16.7 Å². The van der Waals surface area contributed by atoms with Crippen molar-refractivity contribution in [1.82, 2.24) is 14.8 Å². The lowest BCUT2D eigenvalue weighted by Gasteiger charge is -2.35. The number of carbonyl (C=O) groups is 1. The maximum absolute atomic E-state index is 13.6. The topological polar surface area (TPSA) is 39.2 Å². The van der Waals surface area contributed by atoms with Crippen molar-refractivity contribution in [3.63, 3.8) is 0 Å². The summed E-state index contributed by atoms with van der Waals surface area (Å²) in [6.45, 7) is 9.16. The molecule has 1 atom stereocenters. The van der Waals surface area contributed by atoms with Gasteiger partial charge in [0.2, 0.25) is 0 Å². The lowest BCUT2D eigenvalue weighted by Crippen LogP contribution is -2.49. The van der Waals surface area contributed by atoms with E-state index in [1.54, 1.807) is 5.01 Å². The number of aryl methyl sites for hydroxylation is 2. The van der Waals surface area contributed by atoms with Crippen LogP contribution in [-0.2, 0) is 11.3 Å². The SMILES string of the molecule is Cc1ccc(C2=NN(C(=O)CN3CCN(Cc4ccccc4)CC3)[C@@H](c3ccccc3Cl)C2)c(C)c1. The summed E-state index contributed by atoms with van der Waals surface area (Å²) in [7, 11) is 0. The van der Waals surface area contributed by atoms with Gasteiger partial charge in [-0.1, -0.05) is 83.9 Å². The smallest absolute Gasteiger partial charge is 0.257 e. The van der Waals surface area contributed by atoms with Gasteiger partial charge >= 0.3 is 0 Å². The van der Waals surface area contributed by atoms with E-state index in [0.29, 0.717) is 18.0 Å². The number of hydrogen-bond acceptors (Lipinski definition) is 4. The molecule has 3 aromatic carbocycles. The Labute approximate surface area is 219 Å². The minimum atomic E-state index is -0.193. The summed E-state index contributed by atoms with van der Waals surface area (Å²) < 4.78 is 0. The van der Waals surface area contributed by atoms with Gasteiger partial charge in [-0.05, 0) is 36.6 Å². The number of benzene rings is 3. The predicted molar refractivity (Wildman–Crippen MR) is 146 cm³/mol. The average molecular weight is 501 g/mol. The van der Waals surface area contributed by atoms with E-state index >= 15 is 0 Å². The molecule has 1 amide bonds. The molecule has 2 aliphatic heterocycles. The third kappa shape index (κ3) is 5.54. The van der Waals surface area contributed by atoms with Crippen molar-refractivity contribution >= 4 is 23.2 Å². The Morgan fingerprint density at radius 2 is 1.61 bits per heavy atom. The van der Waals surface area contributed by atoms with Crippen LogP contribution in [0.3, 0.4) is 0 Å². The Hall–Kier alpha value is -2.99. The number of rotatable bonds is 6. The number of nitrogens with zero attached hydrogens (tertiary/aromatic N) is 4. The second-order valence-electron chi connectivity index (χ2n) is 9.88. The molecule has 0 unspecified atom stereocenters. The fourth-order valence-electron chi connectivity index (χ4n) is 5.24. The largest absolute Gasteiger partial charge is 0.297 e. The second kappa shape index (κ2) is 11.0. The molecule has 0 N–H and O–H groups in total. The van der Waals surface area contributed by atoms with Crippen LogP contribution in [0.25, 0.3) is 0 Å². The lowest BCUT2D eigenvalue weighted by atomic mass is 9.95. The Bertz CT molecular complexity index is 1250. The van der Waals surface area contributed by atoms with E-state index in [9.17, 15) is 4.79 Å². The second-order valence-corrected chi connectivity index (χ2v) is 10.3. The van der Waals surface area contributed by atoms with Gasteiger partial charge in [-0.2, -0.15) is 5.10 Å². The van der Waals surface area contributed by atoms with Crippen LogP contribution in [-0.4, -0.2) is 59.2 Å². The van der Waals surface area contributed by atoms with Crippen molar-refractivity contribution in [1.29, 1.82) is 0 Å². The number of piperazine rings is 1. The first-order valence-electron chi connectivity index (χ1n) is 12.7. The fourth-order valence-corrected chi connectivity index (χ4v) is 5.50. The summed E-state index contributed by atoms with van der Waals surface area (Å²) in [5.74, 6) is 0.0243. The Kier molecular flexibility index (Phi) is 7.51. The highest BCUT2D eigenvalue weighted by Gasteiger charge is 2.35. The number of amides is 1. The highest BCUT2D eigenvalue weighted by Crippen LogP contribution is 2.37. The molecular weight excluding hydrogens is 468 g/mol. The van der Waals surface area contributed by atoms with Gasteiger partial charge in [-0.15, -0.1) is 0 Å². The molecule has 0 spiro atoms. The molecule has 6 heteroatoms. The molecule has 0 aromatic heterocycles. The Morgan fingerprint density at radius 1 is 0.917 bits per heavy atom. The Balaban J connectivity index is 1.30. The zero-order valence-electron chi connectivity index (χ0n) is 21.0.